The van der Waals surface area contributed by atoms with Gasteiger partial charge < -0.3 is 19.7 Å². The number of hydrogen-bond donors (Lipinski definition) is 1. The Morgan fingerprint density at radius 3 is 2.65 bits per heavy atom. The fraction of sp³-hybridized carbons (Fsp3) is 0.250. The highest BCUT2D eigenvalue weighted by atomic mass is 32.2. The number of thioether (sulfide) groups is 1. The number of nitrogens with one attached hydrogen (secondary N) is 1. The number of amides is 1. The molecule has 11 heteroatoms. The molecule has 4 rings (SSSR count). The molecular weight excluding hydrogens is 442 g/mol. The maximum absolute atomic E-state index is 12.5. The van der Waals surface area contributed by atoms with Gasteiger partial charge in [0.15, 0.2) is 11.3 Å². The van der Waals surface area contributed by atoms with E-state index in [1.165, 1.54) is 18.7 Å². The third-order valence-electron chi connectivity index (χ3n) is 4.72. The largest absolute Gasteiger partial charge is 0.497 e. The molecule has 1 atom stereocenters. The number of carbonyl (C=O) groups is 2. The number of hydrogen-bond acceptors (Lipinski definition) is 8. The van der Waals surface area contributed by atoms with Crippen molar-refractivity contribution in [1.29, 1.82) is 0 Å². The summed E-state index contributed by atoms with van der Waals surface area (Å²) in [5.41, 5.74) is 1.61. The fourth-order valence-electron chi connectivity index (χ4n) is 3.06. The number of anilines is 2. The molecule has 2 aliphatic heterocycles. The van der Waals surface area contributed by atoms with Crippen LogP contribution in [0.2, 0.25) is 0 Å². The molecule has 9 nitrogen and oxygen atoms in total. The lowest BCUT2D eigenvalue weighted by atomic mass is 10.2. The molecule has 0 spiro atoms. The monoisotopic (exact) mass is 461 g/mol. The van der Waals surface area contributed by atoms with Gasteiger partial charge in [0.1, 0.15) is 5.75 Å². The highest BCUT2D eigenvalue weighted by molar-refractivity contribution is 8.15. The van der Waals surface area contributed by atoms with Gasteiger partial charge in [-0.1, -0.05) is 0 Å². The Bertz CT molecular complexity index is 1180. The van der Waals surface area contributed by atoms with Gasteiger partial charge in [-0.2, -0.15) is 0 Å². The van der Waals surface area contributed by atoms with E-state index in [9.17, 15) is 18.0 Å². The van der Waals surface area contributed by atoms with E-state index >= 15 is 0 Å². The second-order valence-electron chi connectivity index (χ2n) is 6.86. The summed E-state index contributed by atoms with van der Waals surface area (Å²) in [5.74, 6) is -0.515. The zero-order chi connectivity index (χ0) is 22.2. The Hall–Kier alpha value is -3.05. The zero-order valence-electron chi connectivity index (χ0n) is 16.7. The molecule has 162 valence electrons. The van der Waals surface area contributed by atoms with Gasteiger partial charge in [-0.25, -0.2) is 13.2 Å². The SMILES string of the molecule is COc1ccc(NC(=O)C(C)OC(=O)c2ccc3c(c2)SC2=NS(=O)(=O)CCN23)cc1. The zero-order valence-corrected chi connectivity index (χ0v) is 18.3. The normalized spacial score (nSPS) is 17.1. The quantitative estimate of drug-likeness (QED) is 0.676. The summed E-state index contributed by atoms with van der Waals surface area (Å²) in [5, 5.41) is 3.05. The van der Waals surface area contributed by atoms with Gasteiger partial charge in [0.2, 0.25) is 0 Å². The van der Waals surface area contributed by atoms with E-state index in [0.29, 0.717) is 28.0 Å². The van der Waals surface area contributed by atoms with E-state index in [1.807, 2.05) is 0 Å². The molecule has 0 saturated heterocycles. The van der Waals surface area contributed by atoms with Gasteiger partial charge in [0.25, 0.3) is 15.9 Å². The summed E-state index contributed by atoms with van der Waals surface area (Å²) < 4.78 is 37.6. The third kappa shape index (κ3) is 4.52. The minimum Gasteiger partial charge on any atom is -0.497 e. The minimum absolute atomic E-state index is 0.0544. The van der Waals surface area contributed by atoms with Crippen molar-refractivity contribution in [3.05, 3.63) is 48.0 Å². The fourth-order valence-corrected chi connectivity index (χ4v) is 5.35. The van der Waals surface area contributed by atoms with Crippen LogP contribution in [0.4, 0.5) is 11.4 Å². The van der Waals surface area contributed by atoms with Crippen LogP contribution in [0.3, 0.4) is 0 Å². The number of esters is 1. The lowest BCUT2D eigenvalue weighted by molar-refractivity contribution is -0.123. The maximum Gasteiger partial charge on any atom is 0.338 e. The van der Waals surface area contributed by atoms with E-state index in [-0.39, 0.29) is 11.3 Å². The summed E-state index contributed by atoms with van der Waals surface area (Å²) in [6.45, 7) is 1.80. The molecule has 0 saturated carbocycles. The number of ether oxygens (including phenoxy) is 2. The molecular formula is C20H19N3O6S2. The average Bonchev–Trinajstić information content (AvgIpc) is 3.09. The third-order valence-corrected chi connectivity index (χ3v) is 7.03. The van der Waals surface area contributed by atoms with E-state index in [4.69, 9.17) is 9.47 Å². The van der Waals surface area contributed by atoms with Crippen molar-refractivity contribution in [3.63, 3.8) is 0 Å². The van der Waals surface area contributed by atoms with Crippen molar-refractivity contribution in [2.75, 3.05) is 29.6 Å². The first-order valence-corrected chi connectivity index (χ1v) is 11.8. The molecule has 2 aromatic rings. The average molecular weight is 462 g/mol. The van der Waals surface area contributed by atoms with Crippen LogP contribution >= 0.6 is 11.8 Å². The Balaban J connectivity index is 1.42. The topological polar surface area (TPSA) is 114 Å². The maximum atomic E-state index is 12.5. The number of nitrogens with zero attached hydrogens (tertiary/aromatic N) is 2. The van der Waals surface area contributed by atoms with Crippen LogP contribution in [0.25, 0.3) is 0 Å². The molecule has 2 heterocycles. The van der Waals surface area contributed by atoms with Crippen LogP contribution in [0.5, 0.6) is 5.75 Å². The number of rotatable bonds is 5. The first kappa shape index (κ1) is 21.2. The van der Waals surface area contributed by atoms with Gasteiger partial charge >= 0.3 is 5.97 Å². The van der Waals surface area contributed by atoms with Crippen LogP contribution in [-0.2, 0) is 19.6 Å². The Morgan fingerprint density at radius 1 is 1.19 bits per heavy atom. The minimum atomic E-state index is -3.45. The molecule has 2 aliphatic rings. The number of fused-ring (bicyclic) bond motifs is 3. The molecule has 2 aromatic carbocycles. The summed E-state index contributed by atoms with van der Waals surface area (Å²) in [6, 6.07) is 11.7. The van der Waals surface area contributed by atoms with E-state index < -0.39 is 28.0 Å². The predicted octanol–water partition coefficient (Wildman–Crippen LogP) is 2.49. The van der Waals surface area contributed by atoms with Crippen LogP contribution in [-0.4, -0.2) is 51.0 Å². The highest BCUT2D eigenvalue weighted by Gasteiger charge is 2.33. The number of amidine groups is 1. The summed E-state index contributed by atoms with van der Waals surface area (Å²) >= 11 is 1.18. The predicted molar refractivity (Wildman–Crippen MR) is 117 cm³/mol. The smallest absolute Gasteiger partial charge is 0.338 e. The second-order valence-corrected chi connectivity index (χ2v) is 9.63. The lowest BCUT2D eigenvalue weighted by Gasteiger charge is -2.22. The van der Waals surface area contributed by atoms with Crippen molar-refractivity contribution in [1.82, 2.24) is 0 Å². The number of methoxy groups -OCH3 is 1. The standard InChI is InChI=1S/C20H19N3O6S2/c1-12(18(24)21-14-4-6-15(28-2)7-5-14)29-19(25)13-3-8-16-17(11-13)30-20-22-31(26,27)10-9-23(16)20/h3-8,11-12H,9-10H2,1-2H3,(H,21,24). The van der Waals surface area contributed by atoms with Gasteiger partial charge in [-0.15, -0.1) is 4.40 Å². The first-order valence-electron chi connectivity index (χ1n) is 9.34. The van der Waals surface area contributed by atoms with Crippen molar-refractivity contribution < 1.29 is 27.5 Å². The Labute approximate surface area is 183 Å². The van der Waals surface area contributed by atoms with Gasteiger partial charge in [0, 0.05) is 17.1 Å². The highest BCUT2D eigenvalue weighted by Crippen LogP contribution is 2.42. The van der Waals surface area contributed by atoms with Gasteiger partial charge in [0.05, 0.1) is 24.1 Å². The summed E-state index contributed by atoms with van der Waals surface area (Å²) in [4.78, 5) is 27.4. The number of sulfonamides is 1. The van der Waals surface area contributed by atoms with Gasteiger partial charge in [-0.05, 0) is 61.2 Å². The lowest BCUT2D eigenvalue weighted by Crippen LogP contribution is -2.35. The molecule has 0 aromatic heterocycles. The second kappa shape index (κ2) is 8.23. The van der Waals surface area contributed by atoms with E-state index in [2.05, 4.69) is 9.71 Å². The van der Waals surface area contributed by atoms with Crippen molar-refractivity contribution in [3.8, 4) is 5.75 Å². The van der Waals surface area contributed by atoms with Crippen molar-refractivity contribution in [2.24, 2.45) is 4.40 Å². The number of benzene rings is 2. The Morgan fingerprint density at radius 2 is 1.94 bits per heavy atom. The van der Waals surface area contributed by atoms with Gasteiger partial charge in [-0.3, -0.25) is 4.79 Å². The molecule has 0 radical (unpaired) electrons. The van der Waals surface area contributed by atoms with E-state index in [0.717, 1.165) is 5.69 Å². The van der Waals surface area contributed by atoms with Crippen molar-refractivity contribution in [2.45, 2.75) is 17.9 Å². The molecule has 0 bridgehead atoms. The molecule has 0 aliphatic carbocycles. The van der Waals surface area contributed by atoms with E-state index in [1.54, 1.807) is 54.5 Å². The molecule has 1 N–H and O–H groups in total. The molecule has 31 heavy (non-hydrogen) atoms. The Kier molecular flexibility index (Phi) is 5.63. The molecule has 1 amide bonds. The van der Waals surface area contributed by atoms with Crippen LogP contribution in [0.15, 0.2) is 51.8 Å². The van der Waals surface area contributed by atoms with Crippen molar-refractivity contribution >= 4 is 50.2 Å². The molecule has 1 unspecified atom stereocenters. The van der Waals surface area contributed by atoms with Crippen LogP contribution in [0, 0.1) is 0 Å². The summed E-state index contributed by atoms with van der Waals surface area (Å²) in [6.07, 6.45) is -1.02. The summed E-state index contributed by atoms with van der Waals surface area (Å²) in [7, 11) is -1.91. The van der Waals surface area contributed by atoms with Crippen LogP contribution < -0.4 is 15.0 Å². The van der Waals surface area contributed by atoms with Crippen LogP contribution in [0.1, 0.15) is 17.3 Å². The number of carbonyl (C=O) groups excluding carboxylic acids is 2. The first-order chi connectivity index (χ1) is 14.8. The molecule has 0 fully saturated rings.